The molecule has 0 radical (unpaired) electrons. The minimum Gasteiger partial charge on any atom is -0.292 e. The Hall–Kier alpha value is -0.180. The normalized spacial score (nSPS) is 36.0. The van der Waals surface area contributed by atoms with Crippen LogP contribution in [0.5, 0.6) is 0 Å². The van der Waals surface area contributed by atoms with E-state index in [1.807, 2.05) is 4.90 Å². The third kappa shape index (κ3) is 1.71. The minimum absolute atomic E-state index is 0.0208. The van der Waals surface area contributed by atoms with E-state index in [-0.39, 0.29) is 12.1 Å². The Morgan fingerprint density at radius 2 is 2.15 bits per heavy atom. The highest BCUT2D eigenvalue weighted by Gasteiger charge is 2.48. The van der Waals surface area contributed by atoms with Crippen LogP contribution in [0.1, 0.15) is 32.6 Å². The van der Waals surface area contributed by atoms with Crippen molar-refractivity contribution in [3.8, 4) is 0 Å². The van der Waals surface area contributed by atoms with Gasteiger partial charge in [0.1, 0.15) is 0 Å². The van der Waals surface area contributed by atoms with E-state index in [2.05, 4.69) is 6.92 Å². The zero-order valence-electron chi connectivity index (χ0n) is 8.10. The lowest BCUT2D eigenvalue weighted by atomic mass is 9.93. The molecule has 0 N–H and O–H groups in total. The number of rotatable bonds is 3. The summed E-state index contributed by atoms with van der Waals surface area (Å²) in [7, 11) is 0. The van der Waals surface area contributed by atoms with E-state index < -0.39 is 6.43 Å². The molecule has 2 rings (SSSR count). The molecule has 2 fully saturated rings. The molecule has 0 spiro atoms. The zero-order chi connectivity index (χ0) is 9.47. The third-order valence-electron chi connectivity index (χ3n) is 3.65. The highest BCUT2D eigenvalue weighted by Crippen LogP contribution is 2.48. The number of hydrogen-bond donors (Lipinski definition) is 0. The maximum Gasteiger partial charge on any atom is 0.251 e. The van der Waals surface area contributed by atoms with Crippen LogP contribution in [-0.2, 0) is 0 Å². The molecule has 1 atom stereocenters. The van der Waals surface area contributed by atoms with Crippen molar-refractivity contribution in [3.05, 3.63) is 0 Å². The van der Waals surface area contributed by atoms with Crippen molar-refractivity contribution in [1.29, 1.82) is 0 Å². The molecule has 13 heavy (non-hydrogen) atoms. The van der Waals surface area contributed by atoms with Crippen LogP contribution in [0.2, 0.25) is 0 Å². The van der Waals surface area contributed by atoms with Crippen LogP contribution in [0.4, 0.5) is 8.78 Å². The van der Waals surface area contributed by atoms with Gasteiger partial charge < -0.3 is 0 Å². The molecule has 1 saturated heterocycles. The fourth-order valence-corrected chi connectivity index (χ4v) is 2.68. The smallest absolute Gasteiger partial charge is 0.251 e. The fourth-order valence-electron chi connectivity index (χ4n) is 2.68. The van der Waals surface area contributed by atoms with Crippen molar-refractivity contribution in [1.82, 2.24) is 4.90 Å². The van der Waals surface area contributed by atoms with Gasteiger partial charge in [0, 0.05) is 5.54 Å². The first-order chi connectivity index (χ1) is 6.13. The van der Waals surface area contributed by atoms with E-state index in [0.29, 0.717) is 5.92 Å². The summed E-state index contributed by atoms with van der Waals surface area (Å²) in [5.41, 5.74) is 0.108. The first-order valence-corrected chi connectivity index (χ1v) is 5.16. The molecule has 3 heteroatoms. The number of halogens is 2. The van der Waals surface area contributed by atoms with Crippen molar-refractivity contribution in [2.24, 2.45) is 5.92 Å². The lowest BCUT2D eigenvalue weighted by Crippen LogP contribution is -2.45. The summed E-state index contributed by atoms with van der Waals surface area (Å²) in [6.45, 7) is 3.02. The van der Waals surface area contributed by atoms with Crippen LogP contribution >= 0.6 is 0 Å². The second-order valence-electron chi connectivity index (χ2n) is 4.57. The number of nitrogens with zero attached hydrogens (tertiary/aromatic N) is 1. The van der Waals surface area contributed by atoms with Crippen LogP contribution in [-0.4, -0.2) is 30.0 Å². The van der Waals surface area contributed by atoms with E-state index in [9.17, 15) is 8.78 Å². The molecule has 1 heterocycles. The Kier molecular flexibility index (Phi) is 2.30. The molecule has 0 amide bonds. The molecule has 76 valence electrons. The van der Waals surface area contributed by atoms with Gasteiger partial charge in [-0.15, -0.1) is 0 Å². The van der Waals surface area contributed by atoms with Crippen LogP contribution in [0.15, 0.2) is 0 Å². The quantitative estimate of drug-likeness (QED) is 0.659. The van der Waals surface area contributed by atoms with Gasteiger partial charge in [-0.1, -0.05) is 0 Å². The highest BCUT2D eigenvalue weighted by molar-refractivity contribution is 5.02. The first-order valence-electron chi connectivity index (χ1n) is 5.16. The van der Waals surface area contributed by atoms with Crippen LogP contribution in [0, 0.1) is 5.92 Å². The van der Waals surface area contributed by atoms with Crippen molar-refractivity contribution in [2.45, 2.75) is 44.6 Å². The van der Waals surface area contributed by atoms with Crippen LogP contribution in [0.25, 0.3) is 0 Å². The van der Waals surface area contributed by atoms with Crippen molar-refractivity contribution < 1.29 is 8.78 Å². The SMILES string of the molecule is CC1(C2CC2)CCCN1CC(F)F. The molecule has 1 aliphatic heterocycles. The average molecular weight is 189 g/mol. The Labute approximate surface area is 78.1 Å². The van der Waals surface area contributed by atoms with E-state index >= 15 is 0 Å². The minimum atomic E-state index is -2.17. The highest BCUT2D eigenvalue weighted by atomic mass is 19.3. The Balaban J connectivity index is 2.00. The van der Waals surface area contributed by atoms with Gasteiger partial charge in [-0.3, -0.25) is 4.90 Å². The molecule has 1 aliphatic carbocycles. The van der Waals surface area contributed by atoms with Gasteiger partial charge in [-0.05, 0) is 45.1 Å². The summed E-state index contributed by atoms with van der Waals surface area (Å²) in [4.78, 5) is 2.01. The summed E-state index contributed by atoms with van der Waals surface area (Å²) in [6, 6.07) is 0. The molecule has 0 aromatic rings. The second-order valence-corrected chi connectivity index (χ2v) is 4.57. The largest absolute Gasteiger partial charge is 0.292 e. The fraction of sp³-hybridized carbons (Fsp3) is 1.00. The number of alkyl halides is 2. The molecule has 0 bridgehead atoms. The van der Waals surface area contributed by atoms with Gasteiger partial charge in [-0.2, -0.15) is 0 Å². The Bertz CT molecular complexity index is 191. The molecular formula is C10H17F2N. The van der Waals surface area contributed by atoms with Crippen molar-refractivity contribution >= 4 is 0 Å². The molecular weight excluding hydrogens is 172 g/mol. The maximum absolute atomic E-state index is 12.3. The summed E-state index contributed by atoms with van der Waals surface area (Å²) >= 11 is 0. The van der Waals surface area contributed by atoms with Crippen molar-refractivity contribution in [2.75, 3.05) is 13.1 Å². The molecule has 1 saturated carbocycles. The lowest BCUT2D eigenvalue weighted by molar-refractivity contribution is 0.0421. The lowest BCUT2D eigenvalue weighted by Gasteiger charge is -2.35. The van der Waals surface area contributed by atoms with Crippen molar-refractivity contribution in [3.63, 3.8) is 0 Å². The topological polar surface area (TPSA) is 3.24 Å². The van der Waals surface area contributed by atoms with Crippen LogP contribution < -0.4 is 0 Å². The summed E-state index contributed by atoms with van der Waals surface area (Å²) in [5.74, 6) is 0.703. The molecule has 0 aromatic carbocycles. The van der Waals surface area contributed by atoms with E-state index in [1.54, 1.807) is 0 Å². The van der Waals surface area contributed by atoms with Gasteiger partial charge in [0.2, 0.25) is 0 Å². The summed E-state index contributed by atoms with van der Waals surface area (Å²) in [5, 5.41) is 0. The van der Waals surface area contributed by atoms with Gasteiger partial charge in [0.15, 0.2) is 0 Å². The maximum atomic E-state index is 12.3. The molecule has 1 nitrogen and oxygen atoms in total. The number of hydrogen-bond acceptors (Lipinski definition) is 1. The molecule has 2 aliphatic rings. The second kappa shape index (κ2) is 3.19. The Morgan fingerprint density at radius 1 is 1.46 bits per heavy atom. The third-order valence-corrected chi connectivity index (χ3v) is 3.65. The zero-order valence-corrected chi connectivity index (χ0v) is 8.10. The van der Waals surface area contributed by atoms with Gasteiger partial charge in [-0.25, -0.2) is 8.78 Å². The van der Waals surface area contributed by atoms with Gasteiger partial charge >= 0.3 is 0 Å². The Morgan fingerprint density at radius 3 is 2.69 bits per heavy atom. The van der Waals surface area contributed by atoms with Crippen LogP contribution in [0.3, 0.4) is 0 Å². The monoisotopic (exact) mass is 189 g/mol. The standard InChI is InChI=1S/C10H17F2N/c1-10(8-3-4-8)5-2-6-13(10)7-9(11)12/h8-9H,2-7H2,1H3. The first kappa shape index (κ1) is 9.38. The van der Waals surface area contributed by atoms with Gasteiger partial charge in [0.25, 0.3) is 6.43 Å². The predicted octanol–water partition coefficient (Wildman–Crippen LogP) is 2.52. The molecule has 1 unspecified atom stereocenters. The van der Waals surface area contributed by atoms with E-state index in [4.69, 9.17) is 0 Å². The van der Waals surface area contributed by atoms with Gasteiger partial charge in [0.05, 0.1) is 6.54 Å². The summed E-state index contributed by atoms with van der Waals surface area (Å²) in [6.07, 6.45) is 2.53. The van der Waals surface area contributed by atoms with E-state index in [0.717, 1.165) is 19.4 Å². The van der Waals surface area contributed by atoms with E-state index in [1.165, 1.54) is 12.8 Å². The number of likely N-dealkylation sites (tertiary alicyclic amines) is 1. The average Bonchev–Trinajstić information content (AvgIpc) is 2.80. The molecule has 0 aromatic heterocycles. The predicted molar refractivity (Wildman–Crippen MR) is 47.9 cm³/mol. The summed E-state index contributed by atoms with van der Waals surface area (Å²) < 4.78 is 24.5.